The lowest BCUT2D eigenvalue weighted by Crippen LogP contribution is -2.07. The van der Waals surface area contributed by atoms with Crippen LogP contribution < -0.4 is 10.5 Å². The van der Waals surface area contributed by atoms with Gasteiger partial charge in [0.25, 0.3) is 5.95 Å². The molecule has 0 radical (unpaired) electrons. The van der Waals surface area contributed by atoms with Crippen molar-refractivity contribution in [3.8, 4) is 17.7 Å². The minimum absolute atomic E-state index is 0.0750. The number of nitrogens with two attached hydrogens (primary N) is 1. The van der Waals surface area contributed by atoms with Crippen LogP contribution in [0.25, 0.3) is 5.95 Å². The standard InChI is InChI=1S/C12H9IN6O/c13-8-2-4-9(5-3-8)20-12-17-10(14)16-11(18-12)19-7-1-6-15-19/h1-7H,(H2,14,16,17,18). The lowest BCUT2D eigenvalue weighted by molar-refractivity contribution is 0.438. The number of benzene rings is 1. The van der Waals surface area contributed by atoms with Gasteiger partial charge in [0, 0.05) is 16.0 Å². The van der Waals surface area contributed by atoms with Crippen molar-refractivity contribution in [3.05, 3.63) is 46.3 Å². The van der Waals surface area contributed by atoms with Crippen LogP contribution in [0.3, 0.4) is 0 Å². The van der Waals surface area contributed by atoms with Crippen molar-refractivity contribution in [2.45, 2.75) is 0 Å². The summed E-state index contributed by atoms with van der Waals surface area (Å²) >= 11 is 2.22. The van der Waals surface area contributed by atoms with Crippen LogP contribution in [0.15, 0.2) is 42.7 Å². The summed E-state index contributed by atoms with van der Waals surface area (Å²) in [6.45, 7) is 0. The Hall–Kier alpha value is -2.23. The second-order valence-corrected chi connectivity index (χ2v) is 5.03. The fourth-order valence-electron chi connectivity index (χ4n) is 1.50. The van der Waals surface area contributed by atoms with Gasteiger partial charge in [0.05, 0.1) is 0 Å². The predicted molar refractivity (Wildman–Crippen MR) is 80.6 cm³/mol. The molecule has 0 aliphatic rings. The quantitative estimate of drug-likeness (QED) is 0.700. The molecule has 3 aromatic rings. The van der Waals surface area contributed by atoms with Gasteiger partial charge >= 0.3 is 6.01 Å². The van der Waals surface area contributed by atoms with Gasteiger partial charge in [-0.15, -0.1) is 0 Å². The van der Waals surface area contributed by atoms with E-state index < -0.39 is 0 Å². The van der Waals surface area contributed by atoms with Gasteiger partial charge in [0.1, 0.15) is 5.75 Å². The predicted octanol–water partition coefficient (Wildman–Crippen LogP) is 2.04. The Morgan fingerprint density at radius 2 is 1.90 bits per heavy atom. The molecule has 0 saturated carbocycles. The van der Waals surface area contributed by atoms with Gasteiger partial charge < -0.3 is 10.5 Å². The molecule has 2 N–H and O–H groups in total. The van der Waals surface area contributed by atoms with Crippen LogP contribution in [0.2, 0.25) is 0 Å². The molecule has 0 aliphatic carbocycles. The first kappa shape index (κ1) is 12.8. The molecule has 0 bridgehead atoms. The summed E-state index contributed by atoms with van der Waals surface area (Å²) in [6, 6.07) is 9.40. The van der Waals surface area contributed by atoms with Crippen molar-refractivity contribution in [1.82, 2.24) is 24.7 Å². The number of hydrogen-bond donors (Lipinski definition) is 1. The Balaban J connectivity index is 1.92. The molecule has 0 spiro atoms. The van der Waals surface area contributed by atoms with Crippen molar-refractivity contribution in [1.29, 1.82) is 0 Å². The number of ether oxygens (including phenoxy) is 1. The number of nitrogens with zero attached hydrogens (tertiary/aromatic N) is 5. The smallest absolute Gasteiger partial charge is 0.328 e. The largest absolute Gasteiger partial charge is 0.424 e. The van der Waals surface area contributed by atoms with Crippen molar-refractivity contribution >= 4 is 28.5 Å². The van der Waals surface area contributed by atoms with Crippen LogP contribution >= 0.6 is 22.6 Å². The van der Waals surface area contributed by atoms with Crippen molar-refractivity contribution in [2.24, 2.45) is 0 Å². The van der Waals surface area contributed by atoms with Crippen LogP contribution in [0, 0.1) is 3.57 Å². The Labute approximate surface area is 128 Å². The highest BCUT2D eigenvalue weighted by Gasteiger charge is 2.08. The zero-order valence-electron chi connectivity index (χ0n) is 10.1. The summed E-state index contributed by atoms with van der Waals surface area (Å²) in [6.07, 6.45) is 3.34. The van der Waals surface area contributed by atoms with E-state index in [0.29, 0.717) is 11.7 Å². The number of aromatic nitrogens is 5. The zero-order chi connectivity index (χ0) is 13.9. The first-order valence-corrected chi connectivity index (χ1v) is 6.73. The van der Waals surface area contributed by atoms with Crippen LogP contribution in [-0.4, -0.2) is 24.7 Å². The Morgan fingerprint density at radius 1 is 1.10 bits per heavy atom. The van der Waals surface area contributed by atoms with Crippen LogP contribution in [0.4, 0.5) is 5.95 Å². The minimum atomic E-state index is 0.0750. The van der Waals surface area contributed by atoms with Crippen LogP contribution in [0.5, 0.6) is 11.8 Å². The third-order valence-electron chi connectivity index (χ3n) is 2.35. The van der Waals surface area contributed by atoms with Crippen LogP contribution in [-0.2, 0) is 0 Å². The van der Waals surface area contributed by atoms with Crippen molar-refractivity contribution in [3.63, 3.8) is 0 Å². The first-order valence-electron chi connectivity index (χ1n) is 5.66. The van der Waals surface area contributed by atoms with E-state index in [0.717, 1.165) is 3.57 Å². The molecular formula is C12H9IN6O. The van der Waals surface area contributed by atoms with Gasteiger partial charge in [-0.1, -0.05) is 0 Å². The highest BCUT2D eigenvalue weighted by molar-refractivity contribution is 14.1. The molecule has 0 amide bonds. The van der Waals surface area contributed by atoms with E-state index in [2.05, 4.69) is 42.6 Å². The maximum Gasteiger partial charge on any atom is 0.328 e. The summed E-state index contributed by atoms with van der Waals surface area (Å²) in [5, 5.41) is 4.04. The SMILES string of the molecule is Nc1nc(Oc2ccc(I)cc2)nc(-n2cccn2)n1. The van der Waals surface area contributed by atoms with Crippen molar-refractivity contribution < 1.29 is 4.74 Å². The second-order valence-electron chi connectivity index (χ2n) is 3.78. The Kier molecular flexibility index (Phi) is 3.46. The summed E-state index contributed by atoms with van der Waals surface area (Å²) in [7, 11) is 0. The zero-order valence-corrected chi connectivity index (χ0v) is 12.3. The summed E-state index contributed by atoms with van der Waals surface area (Å²) in [5.74, 6) is 1.01. The maximum absolute atomic E-state index is 5.66. The van der Waals surface area contributed by atoms with Crippen LogP contribution in [0.1, 0.15) is 0 Å². The molecule has 3 rings (SSSR count). The Bertz CT molecular complexity index is 713. The van der Waals surface area contributed by atoms with Gasteiger partial charge in [-0.2, -0.15) is 20.1 Å². The van der Waals surface area contributed by atoms with E-state index in [1.165, 1.54) is 4.68 Å². The van der Waals surface area contributed by atoms with Gasteiger partial charge in [-0.05, 0) is 52.9 Å². The Morgan fingerprint density at radius 3 is 2.60 bits per heavy atom. The molecule has 20 heavy (non-hydrogen) atoms. The summed E-state index contributed by atoms with van der Waals surface area (Å²) < 4.78 is 8.16. The average molecular weight is 380 g/mol. The van der Waals surface area contributed by atoms with E-state index in [4.69, 9.17) is 10.5 Å². The molecule has 7 nitrogen and oxygen atoms in total. The maximum atomic E-state index is 5.66. The van der Waals surface area contributed by atoms with E-state index in [1.54, 1.807) is 18.5 Å². The molecular weight excluding hydrogens is 371 g/mol. The molecule has 2 heterocycles. The lowest BCUT2D eigenvalue weighted by Gasteiger charge is -2.06. The number of rotatable bonds is 3. The van der Waals surface area contributed by atoms with E-state index in [-0.39, 0.29) is 12.0 Å². The molecule has 0 unspecified atom stereocenters. The fraction of sp³-hybridized carbons (Fsp3) is 0. The fourth-order valence-corrected chi connectivity index (χ4v) is 1.86. The summed E-state index contributed by atoms with van der Waals surface area (Å²) in [4.78, 5) is 12.1. The van der Waals surface area contributed by atoms with E-state index in [9.17, 15) is 0 Å². The summed E-state index contributed by atoms with van der Waals surface area (Å²) in [5.41, 5.74) is 5.66. The van der Waals surface area contributed by atoms with E-state index >= 15 is 0 Å². The topological polar surface area (TPSA) is 91.7 Å². The monoisotopic (exact) mass is 380 g/mol. The van der Waals surface area contributed by atoms with Gasteiger partial charge in [0.15, 0.2) is 0 Å². The first-order chi connectivity index (χ1) is 9.70. The minimum Gasteiger partial charge on any atom is -0.424 e. The lowest BCUT2D eigenvalue weighted by atomic mass is 10.3. The number of anilines is 1. The third kappa shape index (κ3) is 2.85. The number of hydrogen-bond acceptors (Lipinski definition) is 6. The van der Waals surface area contributed by atoms with Gasteiger partial charge in [-0.3, -0.25) is 0 Å². The molecule has 0 fully saturated rings. The number of nitrogen functional groups attached to an aromatic ring is 1. The molecule has 1 aromatic carbocycles. The third-order valence-corrected chi connectivity index (χ3v) is 3.07. The average Bonchev–Trinajstić information content (AvgIpc) is 2.95. The molecule has 0 atom stereocenters. The molecule has 0 saturated heterocycles. The van der Waals surface area contributed by atoms with E-state index in [1.807, 2.05) is 24.3 Å². The number of halogens is 1. The van der Waals surface area contributed by atoms with Crippen molar-refractivity contribution in [2.75, 3.05) is 5.73 Å². The van der Waals surface area contributed by atoms with Gasteiger partial charge in [-0.25, -0.2) is 4.68 Å². The molecule has 100 valence electrons. The molecule has 8 heteroatoms. The highest BCUT2D eigenvalue weighted by Crippen LogP contribution is 2.19. The van der Waals surface area contributed by atoms with Gasteiger partial charge in [0.2, 0.25) is 5.95 Å². The normalized spacial score (nSPS) is 10.4. The molecule has 2 aromatic heterocycles. The highest BCUT2D eigenvalue weighted by atomic mass is 127. The second kappa shape index (κ2) is 5.41. The molecule has 0 aliphatic heterocycles.